The van der Waals surface area contributed by atoms with Crippen molar-refractivity contribution in [3.8, 4) is 0 Å². The molecule has 7 nitrogen and oxygen atoms in total. The highest BCUT2D eigenvalue weighted by molar-refractivity contribution is 5.70. The van der Waals surface area contributed by atoms with E-state index in [-0.39, 0.29) is 0 Å². The summed E-state index contributed by atoms with van der Waals surface area (Å²) in [5.74, 6) is 0. The number of rotatable bonds is 2. The largest absolute Gasteiger partial charge is 0.350 e. The average Bonchev–Trinajstić information content (AvgIpc) is 1.63. The number of urea groups is 1. The second-order valence-corrected chi connectivity index (χ2v) is 1.14. The smallest absolute Gasteiger partial charge is 0.338 e. The van der Waals surface area contributed by atoms with Gasteiger partial charge >= 0.3 is 11.1 Å². The Kier molecular flexibility index (Phi) is 2.24. The minimum Gasteiger partial charge on any atom is -0.350 e. The quantitative estimate of drug-likeness (QED) is 0.392. The van der Waals surface area contributed by atoms with Gasteiger partial charge in [-0.3, -0.25) is 0 Å². The number of hydrogen-bond acceptors (Lipinski definition) is 4. The topological polar surface area (TPSA) is 98.7 Å². The molecule has 0 saturated heterocycles. The first kappa shape index (κ1) is 7.47. The number of carbonyl (C=O) groups is 1. The molecule has 0 aliphatic heterocycles. The van der Waals surface area contributed by atoms with Crippen molar-refractivity contribution < 1.29 is 14.8 Å². The molecule has 0 heterocycles. The summed E-state index contributed by atoms with van der Waals surface area (Å²) in [6.45, 7) is 0. The van der Waals surface area contributed by atoms with Crippen LogP contribution in [0.1, 0.15) is 0 Å². The van der Waals surface area contributed by atoms with E-state index in [0.29, 0.717) is 5.06 Å². The van der Waals surface area contributed by atoms with E-state index in [2.05, 4.69) is 10.7 Å². The van der Waals surface area contributed by atoms with Crippen LogP contribution in [-0.4, -0.2) is 23.2 Å². The highest BCUT2D eigenvalue weighted by atomic mass is 17.0. The van der Waals surface area contributed by atoms with Gasteiger partial charge in [0.1, 0.15) is 0 Å². The van der Waals surface area contributed by atoms with Gasteiger partial charge in [0.25, 0.3) is 0 Å². The van der Waals surface area contributed by atoms with Gasteiger partial charge < -0.3 is 5.73 Å². The molecule has 0 aromatic heterocycles. The van der Waals surface area contributed by atoms with Gasteiger partial charge in [-0.2, -0.15) is 10.0 Å². The molecule has 2 N–H and O–H groups in total. The Morgan fingerprint density at radius 2 is 2.33 bits per heavy atom. The summed E-state index contributed by atoms with van der Waals surface area (Å²) in [4.78, 5) is 23.0. The minimum atomic E-state index is -1.13. The Morgan fingerprint density at radius 3 is 2.44 bits per heavy atom. The van der Waals surface area contributed by atoms with E-state index >= 15 is 0 Å². The predicted octanol–water partition coefficient (Wildman–Crippen LogP) is -0.880. The van der Waals surface area contributed by atoms with Crippen molar-refractivity contribution in [1.82, 2.24) is 5.06 Å². The summed E-state index contributed by atoms with van der Waals surface area (Å²) in [6.07, 6.45) is 0. The Labute approximate surface area is 50.0 Å². The van der Waals surface area contributed by atoms with Crippen molar-refractivity contribution in [3.63, 3.8) is 0 Å². The molecule has 0 aromatic rings. The van der Waals surface area contributed by atoms with Crippen molar-refractivity contribution in [2.45, 2.75) is 0 Å². The maximum absolute atomic E-state index is 9.95. The van der Waals surface area contributed by atoms with Crippen LogP contribution in [0.15, 0.2) is 0 Å². The zero-order chi connectivity index (χ0) is 7.44. The molecule has 0 unspecified atom stereocenters. The number of primary amides is 1. The van der Waals surface area contributed by atoms with Crippen molar-refractivity contribution in [1.29, 1.82) is 0 Å². The Balaban J connectivity index is 3.63. The third-order valence-corrected chi connectivity index (χ3v) is 0.500. The molecule has 0 bridgehead atoms. The van der Waals surface area contributed by atoms with Crippen LogP contribution in [0.25, 0.3) is 0 Å². The van der Waals surface area contributed by atoms with Crippen LogP contribution in [0.4, 0.5) is 4.79 Å². The van der Waals surface area contributed by atoms with Crippen LogP contribution in [0.3, 0.4) is 0 Å². The molecule has 0 aromatic carbocycles. The number of nitrogens with two attached hydrogens (primary N) is 1. The van der Waals surface area contributed by atoms with Crippen LogP contribution in [0, 0.1) is 10.1 Å². The number of amides is 2. The summed E-state index contributed by atoms with van der Waals surface area (Å²) >= 11 is 0. The van der Waals surface area contributed by atoms with Gasteiger partial charge in [-0.25, -0.2) is 4.79 Å². The number of nitrogens with zero attached hydrogens (tertiary/aromatic N) is 2. The lowest BCUT2D eigenvalue weighted by Gasteiger charge is -2.07. The molecule has 0 saturated carbocycles. The van der Waals surface area contributed by atoms with Gasteiger partial charge in [0.05, 0.1) is 0 Å². The molecule has 0 radical (unpaired) electrons. The summed E-state index contributed by atoms with van der Waals surface area (Å²) in [5.41, 5.74) is 4.54. The van der Waals surface area contributed by atoms with Crippen LogP contribution < -0.4 is 5.73 Å². The minimum absolute atomic E-state index is 0.306. The molecule has 2 amide bonds. The molecule has 0 aliphatic rings. The zero-order valence-electron chi connectivity index (χ0n) is 4.60. The van der Waals surface area contributed by atoms with E-state index in [9.17, 15) is 14.9 Å². The molecule has 52 valence electrons. The molecule has 0 fully saturated rings. The fraction of sp³-hybridized carbons (Fsp3) is 0.500. The summed E-state index contributed by atoms with van der Waals surface area (Å²) in [6, 6.07) is -1.02. The number of hydroxylamine groups is 2. The van der Waals surface area contributed by atoms with Gasteiger partial charge in [0, 0.05) is 7.05 Å². The maximum atomic E-state index is 9.95. The van der Waals surface area contributed by atoms with Crippen molar-refractivity contribution in [2.75, 3.05) is 7.05 Å². The Bertz CT molecular complexity index is 134. The Morgan fingerprint density at radius 1 is 1.89 bits per heavy atom. The normalized spacial score (nSPS) is 8.11. The highest BCUT2D eigenvalue weighted by Crippen LogP contribution is 1.82. The first-order chi connectivity index (χ1) is 4.04. The van der Waals surface area contributed by atoms with Crippen LogP contribution in [0.5, 0.6) is 0 Å². The van der Waals surface area contributed by atoms with E-state index in [1.165, 1.54) is 0 Å². The van der Waals surface area contributed by atoms with Crippen LogP contribution in [-0.2, 0) is 4.94 Å². The van der Waals surface area contributed by atoms with Crippen molar-refractivity contribution in [3.05, 3.63) is 10.1 Å². The van der Waals surface area contributed by atoms with Crippen LogP contribution in [0.2, 0.25) is 0 Å². The molecular formula is C2H5N3O4. The predicted molar refractivity (Wildman–Crippen MR) is 25.4 cm³/mol. The van der Waals surface area contributed by atoms with Gasteiger partial charge in [0.15, 0.2) is 0 Å². The second kappa shape index (κ2) is 2.70. The summed E-state index contributed by atoms with van der Waals surface area (Å²) in [5, 5.41) is 8.62. The lowest BCUT2D eigenvalue weighted by atomic mass is 11.0. The highest BCUT2D eigenvalue weighted by Gasteiger charge is 2.05. The molecule has 0 spiro atoms. The average molecular weight is 135 g/mol. The molecule has 0 rings (SSSR count). The lowest BCUT2D eigenvalue weighted by molar-refractivity contribution is -0.801. The van der Waals surface area contributed by atoms with Crippen LogP contribution >= 0.6 is 0 Å². The van der Waals surface area contributed by atoms with E-state index in [0.717, 1.165) is 7.05 Å². The fourth-order valence-electron chi connectivity index (χ4n) is 0.140. The zero-order valence-corrected chi connectivity index (χ0v) is 4.60. The Hall–Kier alpha value is -1.53. The SMILES string of the molecule is CN(O[N+](=O)[O-])C(N)=O. The first-order valence-electron chi connectivity index (χ1n) is 1.89. The molecular weight excluding hydrogens is 130 g/mol. The van der Waals surface area contributed by atoms with E-state index < -0.39 is 11.1 Å². The fourth-order valence-corrected chi connectivity index (χ4v) is 0.140. The lowest BCUT2D eigenvalue weighted by Crippen LogP contribution is -2.33. The summed E-state index contributed by atoms with van der Waals surface area (Å²) < 4.78 is 0. The standard InChI is InChI=1S/C2H5N3O4/c1-4(2(3)6)9-5(7)8/h1H3,(H2,3,6). The van der Waals surface area contributed by atoms with E-state index in [4.69, 9.17) is 0 Å². The second-order valence-electron chi connectivity index (χ2n) is 1.14. The molecule has 9 heavy (non-hydrogen) atoms. The molecule has 0 aliphatic carbocycles. The monoisotopic (exact) mass is 135 g/mol. The van der Waals surface area contributed by atoms with Gasteiger partial charge in [-0.1, -0.05) is 0 Å². The number of carbonyl (C=O) groups excluding carboxylic acids is 1. The maximum Gasteiger partial charge on any atom is 0.338 e. The van der Waals surface area contributed by atoms with Crippen molar-refractivity contribution >= 4 is 6.03 Å². The van der Waals surface area contributed by atoms with Gasteiger partial charge in [-0.15, -0.1) is 10.1 Å². The third-order valence-electron chi connectivity index (χ3n) is 0.500. The number of hydrogen-bond donors (Lipinski definition) is 1. The molecule has 7 heteroatoms. The first-order valence-corrected chi connectivity index (χ1v) is 1.89. The van der Waals surface area contributed by atoms with Crippen molar-refractivity contribution in [2.24, 2.45) is 5.73 Å². The third kappa shape index (κ3) is 3.09. The molecule has 0 atom stereocenters. The summed E-state index contributed by atoms with van der Waals surface area (Å²) in [7, 11) is 1.03. The van der Waals surface area contributed by atoms with E-state index in [1.807, 2.05) is 0 Å². The van der Waals surface area contributed by atoms with Gasteiger partial charge in [0.2, 0.25) is 0 Å². The van der Waals surface area contributed by atoms with E-state index in [1.54, 1.807) is 0 Å². The van der Waals surface area contributed by atoms with Gasteiger partial charge in [-0.05, 0) is 0 Å².